The lowest BCUT2D eigenvalue weighted by Gasteiger charge is -2.02. The molecule has 1 heterocycles. The Morgan fingerprint density at radius 1 is 1.65 bits per heavy atom. The molecule has 0 spiro atoms. The molecule has 17 heavy (non-hydrogen) atoms. The minimum absolute atomic E-state index is 0.103. The van der Waals surface area contributed by atoms with E-state index in [4.69, 9.17) is 10.4 Å². The van der Waals surface area contributed by atoms with Crippen LogP contribution in [0.25, 0.3) is 0 Å². The van der Waals surface area contributed by atoms with Gasteiger partial charge in [0.05, 0.1) is 23.1 Å². The fraction of sp³-hybridized carbons (Fsp3) is 0.300. The van der Waals surface area contributed by atoms with Gasteiger partial charge in [0.15, 0.2) is 0 Å². The van der Waals surface area contributed by atoms with E-state index in [-0.39, 0.29) is 23.0 Å². The molecule has 0 bridgehead atoms. The summed E-state index contributed by atoms with van der Waals surface area (Å²) in [5.74, 6) is -0.976. The Balaban J connectivity index is 2.65. The van der Waals surface area contributed by atoms with Crippen LogP contribution in [-0.4, -0.2) is 28.5 Å². The fourth-order valence-corrected chi connectivity index (χ4v) is 2.49. The number of thioether (sulfide) groups is 1. The molecule has 0 unspecified atom stereocenters. The molecule has 1 aromatic rings. The molecule has 0 aliphatic carbocycles. The Hall–Kier alpha value is -1.52. The number of hydrogen-bond donors (Lipinski definition) is 2. The number of nitrogens with one attached hydrogen (secondary N) is 1. The highest BCUT2D eigenvalue weighted by atomic mass is 32.2. The summed E-state index contributed by atoms with van der Waals surface area (Å²) in [6.07, 6.45) is 0. The number of carbonyl (C=O) groups is 2. The molecule has 0 atom stereocenters. The van der Waals surface area contributed by atoms with Crippen molar-refractivity contribution in [3.63, 3.8) is 0 Å². The Morgan fingerprint density at radius 2 is 2.35 bits per heavy atom. The maximum atomic E-state index is 11.4. The van der Waals surface area contributed by atoms with E-state index in [1.807, 2.05) is 6.07 Å². The Bertz CT molecular complexity index is 476. The third-order valence-corrected chi connectivity index (χ3v) is 3.50. The predicted octanol–water partition coefficient (Wildman–Crippen LogP) is 1.95. The molecule has 0 radical (unpaired) electrons. The molecule has 0 saturated heterocycles. The van der Waals surface area contributed by atoms with E-state index in [1.54, 1.807) is 6.92 Å². The minimum atomic E-state index is -1.06. The summed E-state index contributed by atoms with van der Waals surface area (Å²) in [5, 5.41) is 20.1. The van der Waals surface area contributed by atoms with E-state index in [1.165, 1.54) is 29.2 Å². The zero-order valence-electron chi connectivity index (χ0n) is 9.02. The number of aryl methyl sites for hydroxylation is 1. The second-order valence-corrected chi connectivity index (χ2v) is 5.35. The number of rotatable bonds is 5. The largest absolute Gasteiger partial charge is 0.478 e. The lowest BCUT2D eigenvalue weighted by molar-refractivity contribution is -0.113. The van der Waals surface area contributed by atoms with Crippen LogP contribution < -0.4 is 5.32 Å². The van der Waals surface area contributed by atoms with Gasteiger partial charge in [0.1, 0.15) is 5.00 Å². The number of anilines is 1. The molecular weight excluding hydrogens is 260 g/mol. The van der Waals surface area contributed by atoms with Crippen LogP contribution >= 0.6 is 23.1 Å². The minimum Gasteiger partial charge on any atom is -0.478 e. The lowest BCUT2D eigenvalue weighted by atomic mass is 10.3. The van der Waals surface area contributed by atoms with Gasteiger partial charge in [0.25, 0.3) is 0 Å². The van der Waals surface area contributed by atoms with Crippen LogP contribution in [0.5, 0.6) is 0 Å². The van der Waals surface area contributed by atoms with Crippen molar-refractivity contribution in [2.24, 2.45) is 0 Å². The molecule has 0 fully saturated rings. The average molecular weight is 270 g/mol. The SMILES string of the molecule is Cc1cc(C(=O)O)c(NC(=O)CSCC#N)s1. The molecule has 0 aromatic carbocycles. The summed E-state index contributed by atoms with van der Waals surface area (Å²) in [6, 6.07) is 3.43. The summed E-state index contributed by atoms with van der Waals surface area (Å²) in [7, 11) is 0. The van der Waals surface area contributed by atoms with Crippen LogP contribution in [0.1, 0.15) is 15.2 Å². The molecule has 0 aliphatic rings. The highest BCUT2D eigenvalue weighted by molar-refractivity contribution is 8.00. The number of thiophene rings is 1. The first-order chi connectivity index (χ1) is 8.04. The van der Waals surface area contributed by atoms with Crippen LogP contribution in [0.15, 0.2) is 6.07 Å². The van der Waals surface area contributed by atoms with Gasteiger partial charge in [-0.3, -0.25) is 4.79 Å². The smallest absolute Gasteiger partial charge is 0.338 e. The second-order valence-electron chi connectivity index (χ2n) is 3.10. The highest BCUT2D eigenvalue weighted by Gasteiger charge is 2.15. The van der Waals surface area contributed by atoms with Crippen molar-refractivity contribution in [2.75, 3.05) is 16.8 Å². The van der Waals surface area contributed by atoms with Crippen molar-refractivity contribution in [2.45, 2.75) is 6.92 Å². The van der Waals surface area contributed by atoms with Gasteiger partial charge >= 0.3 is 5.97 Å². The van der Waals surface area contributed by atoms with Gasteiger partial charge in [0, 0.05) is 4.88 Å². The molecule has 2 N–H and O–H groups in total. The maximum Gasteiger partial charge on any atom is 0.338 e. The fourth-order valence-electron chi connectivity index (χ4n) is 1.12. The van der Waals surface area contributed by atoms with Gasteiger partial charge in [0.2, 0.25) is 5.91 Å². The van der Waals surface area contributed by atoms with Gasteiger partial charge < -0.3 is 10.4 Å². The number of hydrogen-bond acceptors (Lipinski definition) is 5. The van der Waals surface area contributed by atoms with Gasteiger partial charge in [-0.1, -0.05) is 0 Å². The van der Waals surface area contributed by atoms with E-state index in [9.17, 15) is 9.59 Å². The van der Waals surface area contributed by atoms with Crippen molar-refractivity contribution in [1.29, 1.82) is 5.26 Å². The van der Waals surface area contributed by atoms with E-state index < -0.39 is 5.97 Å². The molecular formula is C10H10N2O3S2. The van der Waals surface area contributed by atoms with Crippen molar-refractivity contribution in [3.05, 3.63) is 16.5 Å². The van der Waals surface area contributed by atoms with Crippen LogP contribution in [0.4, 0.5) is 5.00 Å². The van der Waals surface area contributed by atoms with Crippen molar-refractivity contribution >= 4 is 40.0 Å². The van der Waals surface area contributed by atoms with E-state index in [2.05, 4.69) is 5.32 Å². The van der Waals surface area contributed by atoms with Gasteiger partial charge in [-0.2, -0.15) is 5.26 Å². The number of aromatic carboxylic acids is 1. The summed E-state index contributed by atoms with van der Waals surface area (Å²) in [4.78, 5) is 23.1. The molecule has 1 rings (SSSR count). The number of carboxylic acid groups (broad SMARTS) is 1. The Morgan fingerprint density at radius 3 is 2.94 bits per heavy atom. The summed E-state index contributed by atoms with van der Waals surface area (Å²) >= 11 is 2.41. The van der Waals surface area contributed by atoms with Crippen molar-refractivity contribution < 1.29 is 14.7 Å². The first kappa shape index (κ1) is 13.5. The number of amides is 1. The Labute approximate surface area is 106 Å². The Kier molecular flexibility index (Phi) is 5.00. The average Bonchev–Trinajstić information content (AvgIpc) is 2.60. The highest BCUT2D eigenvalue weighted by Crippen LogP contribution is 2.27. The molecule has 1 aromatic heterocycles. The van der Waals surface area contributed by atoms with Crippen LogP contribution in [0.2, 0.25) is 0 Å². The molecule has 7 heteroatoms. The molecule has 5 nitrogen and oxygen atoms in total. The molecule has 90 valence electrons. The second kappa shape index (κ2) is 6.27. The number of nitrogens with zero attached hydrogens (tertiary/aromatic N) is 1. The van der Waals surface area contributed by atoms with E-state index in [0.29, 0.717) is 5.00 Å². The van der Waals surface area contributed by atoms with Crippen LogP contribution in [0.3, 0.4) is 0 Å². The quantitative estimate of drug-likeness (QED) is 0.798. The third-order valence-electron chi connectivity index (χ3n) is 1.74. The van der Waals surface area contributed by atoms with Crippen LogP contribution in [0, 0.1) is 18.3 Å². The normalized spacial score (nSPS) is 9.65. The number of carboxylic acids is 1. The van der Waals surface area contributed by atoms with E-state index >= 15 is 0 Å². The van der Waals surface area contributed by atoms with E-state index in [0.717, 1.165) is 4.88 Å². The van der Waals surface area contributed by atoms with Crippen molar-refractivity contribution in [1.82, 2.24) is 0 Å². The predicted molar refractivity (Wildman–Crippen MR) is 67.6 cm³/mol. The third kappa shape index (κ3) is 4.09. The van der Waals surface area contributed by atoms with Crippen LogP contribution in [-0.2, 0) is 4.79 Å². The van der Waals surface area contributed by atoms with Gasteiger partial charge in [-0.25, -0.2) is 4.79 Å². The zero-order valence-corrected chi connectivity index (χ0v) is 10.7. The van der Waals surface area contributed by atoms with Gasteiger partial charge in [-0.05, 0) is 13.0 Å². The zero-order chi connectivity index (χ0) is 12.8. The monoisotopic (exact) mass is 270 g/mol. The molecule has 1 amide bonds. The maximum absolute atomic E-state index is 11.4. The molecule has 0 saturated carbocycles. The standard InChI is InChI=1S/C10H10N2O3S2/c1-6-4-7(10(14)15)9(17-6)12-8(13)5-16-3-2-11/h4H,3,5H2,1H3,(H,12,13)(H,14,15). The number of nitriles is 1. The topological polar surface area (TPSA) is 90.2 Å². The summed E-state index contributed by atoms with van der Waals surface area (Å²) in [5.41, 5.74) is 0.103. The van der Waals surface area contributed by atoms with Gasteiger partial charge in [-0.15, -0.1) is 23.1 Å². The molecule has 0 aliphatic heterocycles. The van der Waals surface area contributed by atoms with Crippen molar-refractivity contribution in [3.8, 4) is 6.07 Å². The summed E-state index contributed by atoms with van der Waals surface area (Å²) in [6.45, 7) is 1.77. The first-order valence-corrected chi connectivity index (χ1v) is 6.60. The summed E-state index contributed by atoms with van der Waals surface area (Å²) < 4.78 is 0. The number of carbonyl (C=O) groups excluding carboxylic acids is 1. The first-order valence-electron chi connectivity index (χ1n) is 4.63. The lowest BCUT2D eigenvalue weighted by Crippen LogP contribution is -2.15.